The van der Waals surface area contributed by atoms with E-state index in [1.165, 1.54) is 5.56 Å². The Kier molecular flexibility index (Phi) is 5.74. The third kappa shape index (κ3) is 5.87. The first-order chi connectivity index (χ1) is 9.32. The van der Waals surface area contributed by atoms with E-state index in [1.54, 1.807) is 0 Å². The molecule has 110 valence electrons. The summed E-state index contributed by atoms with van der Waals surface area (Å²) in [4.78, 5) is 22.5. The fourth-order valence-corrected chi connectivity index (χ4v) is 1.98. The van der Waals surface area contributed by atoms with Crippen LogP contribution in [0.1, 0.15) is 44.7 Å². The molecule has 1 aromatic rings. The molecule has 4 nitrogen and oxygen atoms in total. The second-order valence-corrected chi connectivity index (χ2v) is 5.67. The highest BCUT2D eigenvalue weighted by atomic mass is 16.4. The van der Waals surface area contributed by atoms with Crippen LogP contribution in [0.2, 0.25) is 0 Å². The molecule has 0 fully saturated rings. The molecule has 4 heteroatoms. The van der Waals surface area contributed by atoms with E-state index in [1.807, 2.05) is 38.1 Å². The van der Waals surface area contributed by atoms with Gasteiger partial charge in [-0.15, -0.1) is 0 Å². The lowest BCUT2D eigenvalue weighted by Gasteiger charge is -2.25. The zero-order chi connectivity index (χ0) is 15.2. The van der Waals surface area contributed by atoms with Crippen molar-refractivity contribution >= 4 is 11.9 Å². The van der Waals surface area contributed by atoms with Crippen LogP contribution in [0.3, 0.4) is 0 Å². The lowest BCUT2D eigenvalue weighted by Crippen LogP contribution is -2.44. The molecular weight excluding hydrogens is 254 g/mol. The van der Waals surface area contributed by atoms with Gasteiger partial charge in [0.1, 0.15) is 0 Å². The Balaban J connectivity index is 2.51. The monoisotopic (exact) mass is 277 g/mol. The highest BCUT2D eigenvalue weighted by Crippen LogP contribution is 2.12. The van der Waals surface area contributed by atoms with Crippen molar-refractivity contribution in [1.29, 1.82) is 0 Å². The summed E-state index contributed by atoms with van der Waals surface area (Å²) >= 11 is 0. The van der Waals surface area contributed by atoms with Crippen molar-refractivity contribution in [2.24, 2.45) is 0 Å². The Morgan fingerprint density at radius 1 is 1.15 bits per heavy atom. The van der Waals surface area contributed by atoms with Crippen LogP contribution in [-0.4, -0.2) is 22.5 Å². The summed E-state index contributed by atoms with van der Waals surface area (Å²) in [5.74, 6) is -0.924. The second kappa shape index (κ2) is 7.08. The number of nitrogens with one attached hydrogen (secondary N) is 1. The van der Waals surface area contributed by atoms with Gasteiger partial charge < -0.3 is 10.4 Å². The maximum Gasteiger partial charge on any atom is 0.303 e. The molecule has 2 N–H and O–H groups in total. The Morgan fingerprint density at radius 2 is 1.70 bits per heavy atom. The fraction of sp³-hybridized carbons (Fsp3) is 0.500. The predicted molar refractivity (Wildman–Crippen MR) is 78.6 cm³/mol. The molecule has 0 saturated carbocycles. The number of hydrogen-bond donors (Lipinski definition) is 2. The van der Waals surface area contributed by atoms with Crippen LogP contribution < -0.4 is 5.32 Å². The molecule has 0 bridgehead atoms. The van der Waals surface area contributed by atoms with Gasteiger partial charge in [0.15, 0.2) is 0 Å². The van der Waals surface area contributed by atoms with Gasteiger partial charge in [0.05, 0.1) is 6.42 Å². The van der Waals surface area contributed by atoms with E-state index in [2.05, 4.69) is 12.2 Å². The van der Waals surface area contributed by atoms with Gasteiger partial charge in [-0.1, -0.05) is 31.2 Å². The van der Waals surface area contributed by atoms with Crippen molar-refractivity contribution in [3.8, 4) is 0 Å². The maximum atomic E-state index is 12.0. The molecule has 0 aliphatic carbocycles. The quantitative estimate of drug-likeness (QED) is 0.805. The average molecular weight is 277 g/mol. The number of carbonyl (C=O) groups excluding carboxylic acids is 1. The molecule has 1 rings (SSSR count). The van der Waals surface area contributed by atoms with Gasteiger partial charge in [0.25, 0.3) is 0 Å². The zero-order valence-electron chi connectivity index (χ0n) is 12.4. The van der Waals surface area contributed by atoms with Crippen molar-refractivity contribution in [2.45, 2.75) is 52.0 Å². The molecule has 0 atom stereocenters. The van der Waals surface area contributed by atoms with E-state index in [0.717, 1.165) is 12.0 Å². The Labute approximate surface area is 120 Å². The first-order valence-electron chi connectivity index (χ1n) is 6.93. The Hall–Kier alpha value is -1.84. The highest BCUT2D eigenvalue weighted by Gasteiger charge is 2.21. The summed E-state index contributed by atoms with van der Waals surface area (Å²) in [6.45, 7) is 5.77. The van der Waals surface area contributed by atoms with Crippen LogP contribution >= 0.6 is 0 Å². The number of aliphatic carboxylic acids is 1. The van der Waals surface area contributed by atoms with Gasteiger partial charge >= 0.3 is 5.97 Å². The predicted octanol–water partition coefficient (Wildman–Crippen LogP) is 2.55. The Bertz CT molecular complexity index is 463. The van der Waals surface area contributed by atoms with Crippen LogP contribution in [0, 0.1) is 0 Å². The maximum absolute atomic E-state index is 12.0. The van der Waals surface area contributed by atoms with E-state index in [0.29, 0.717) is 12.8 Å². The van der Waals surface area contributed by atoms with Crippen molar-refractivity contribution < 1.29 is 14.7 Å². The van der Waals surface area contributed by atoms with E-state index in [9.17, 15) is 9.59 Å². The molecule has 0 heterocycles. The molecule has 0 aromatic heterocycles. The van der Waals surface area contributed by atoms with E-state index in [4.69, 9.17) is 5.11 Å². The SMILES string of the molecule is CCc1ccc(CC(=O)NC(C)(C)CCC(=O)O)cc1. The zero-order valence-corrected chi connectivity index (χ0v) is 12.4. The summed E-state index contributed by atoms with van der Waals surface area (Å²) in [5, 5.41) is 11.6. The van der Waals surface area contributed by atoms with E-state index < -0.39 is 11.5 Å². The van der Waals surface area contributed by atoms with Gasteiger partial charge in [-0.2, -0.15) is 0 Å². The number of benzene rings is 1. The Morgan fingerprint density at radius 3 is 2.20 bits per heavy atom. The van der Waals surface area contributed by atoms with Gasteiger partial charge in [-0.3, -0.25) is 9.59 Å². The number of carboxylic acid groups (broad SMARTS) is 1. The highest BCUT2D eigenvalue weighted by molar-refractivity contribution is 5.79. The fourth-order valence-electron chi connectivity index (χ4n) is 1.98. The van der Waals surface area contributed by atoms with Crippen LogP contribution in [-0.2, 0) is 22.4 Å². The van der Waals surface area contributed by atoms with Gasteiger partial charge in [0, 0.05) is 12.0 Å². The minimum absolute atomic E-state index is 0.0540. The third-order valence-corrected chi connectivity index (χ3v) is 3.24. The molecular formula is C16H23NO3. The molecule has 1 amide bonds. The number of amides is 1. The van der Waals surface area contributed by atoms with Crippen molar-refractivity contribution in [3.05, 3.63) is 35.4 Å². The number of aryl methyl sites for hydroxylation is 1. The molecule has 0 radical (unpaired) electrons. The van der Waals surface area contributed by atoms with Crippen molar-refractivity contribution in [3.63, 3.8) is 0 Å². The van der Waals surface area contributed by atoms with Crippen molar-refractivity contribution in [1.82, 2.24) is 5.32 Å². The van der Waals surface area contributed by atoms with E-state index in [-0.39, 0.29) is 12.3 Å². The summed E-state index contributed by atoms with van der Waals surface area (Å²) in [7, 11) is 0. The minimum atomic E-state index is -0.845. The number of hydrogen-bond acceptors (Lipinski definition) is 2. The largest absolute Gasteiger partial charge is 0.481 e. The molecule has 0 saturated heterocycles. The van der Waals surface area contributed by atoms with Gasteiger partial charge in [-0.05, 0) is 37.8 Å². The van der Waals surface area contributed by atoms with Gasteiger partial charge in [-0.25, -0.2) is 0 Å². The lowest BCUT2D eigenvalue weighted by molar-refractivity contribution is -0.137. The van der Waals surface area contributed by atoms with Crippen molar-refractivity contribution in [2.75, 3.05) is 0 Å². The topological polar surface area (TPSA) is 66.4 Å². The second-order valence-electron chi connectivity index (χ2n) is 5.67. The first kappa shape index (κ1) is 16.2. The number of rotatable bonds is 7. The summed E-state index contributed by atoms with van der Waals surface area (Å²) in [6.07, 6.45) is 1.77. The minimum Gasteiger partial charge on any atom is -0.481 e. The normalized spacial score (nSPS) is 11.2. The summed E-state index contributed by atoms with van der Waals surface area (Å²) in [6, 6.07) is 7.97. The van der Waals surface area contributed by atoms with Crippen LogP contribution in [0.5, 0.6) is 0 Å². The van der Waals surface area contributed by atoms with Gasteiger partial charge in [0.2, 0.25) is 5.91 Å². The standard InChI is InChI=1S/C16H23NO3/c1-4-12-5-7-13(8-6-12)11-14(18)17-16(2,3)10-9-15(19)20/h5-8H,4,9-11H2,1-3H3,(H,17,18)(H,19,20). The summed E-state index contributed by atoms with van der Waals surface area (Å²) in [5.41, 5.74) is 1.71. The molecule has 0 unspecified atom stereocenters. The average Bonchev–Trinajstić information content (AvgIpc) is 2.37. The molecule has 0 aliphatic rings. The van der Waals surface area contributed by atoms with Crippen LogP contribution in [0.4, 0.5) is 0 Å². The molecule has 1 aromatic carbocycles. The lowest BCUT2D eigenvalue weighted by atomic mass is 9.97. The summed E-state index contributed by atoms with van der Waals surface area (Å²) < 4.78 is 0. The number of carbonyl (C=O) groups is 2. The van der Waals surface area contributed by atoms with E-state index >= 15 is 0 Å². The smallest absolute Gasteiger partial charge is 0.303 e. The number of carboxylic acids is 1. The molecule has 0 spiro atoms. The third-order valence-electron chi connectivity index (χ3n) is 3.24. The molecule has 20 heavy (non-hydrogen) atoms. The van der Waals surface area contributed by atoms with Crippen LogP contribution in [0.15, 0.2) is 24.3 Å². The first-order valence-corrected chi connectivity index (χ1v) is 6.93. The van der Waals surface area contributed by atoms with Crippen LogP contribution in [0.25, 0.3) is 0 Å². The molecule has 0 aliphatic heterocycles.